The summed E-state index contributed by atoms with van der Waals surface area (Å²) >= 11 is 6.41. The summed E-state index contributed by atoms with van der Waals surface area (Å²) in [6.45, 7) is 0. The third kappa shape index (κ3) is 1.91. The Bertz CT molecular complexity index is 783. The number of nitrogens with zero attached hydrogens (tertiary/aromatic N) is 2. The Balaban J connectivity index is 2.18. The van der Waals surface area contributed by atoms with E-state index in [9.17, 15) is 4.79 Å². The zero-order valence-electron chi connectivity index (χ0n) is 8.93. The summed E-state index contributed by atoms with van der Waals surface area (Å²) in [5, 5.41) is 13.8. The molecule has 8 heteroatoms. The highest BCUT2D eigenvalue weighted by molar-refractivity contribution is 7.71. The maximum atomic E-state index is 11.7. The minimum Gasteiger partial charge on any atom is -0.281 e. The molecule has 0 saturated heterocycles. The highest BCUT2D eigenvalue weighted by Crippen LogP contribution is 2.23. The fourth-order valence-corrected chi connectivity index (χ4v) is 2.36. The van der Waals surface area contributed by atoms with Gasteiger partial charge in [-0.05, 0) is 29.7 Å². The zero-order chi connectivity index (χ0) is 12.5. The first-order chi connectivity index (χ1) is 8.74. The number of H-pyrrole nitrogens is 3. The predicted molar refractivity (Wildman–Crippen MR) is 70.9 cm³/mol. The second-order valence-electron chi connectivity index (χ2n) is 3.49. The van der Waals surface area contributed by atoms with Crippen molar-refractivity contribution in [1.29, 1.82) is 0 Å². The minimum atomic E-state index is -0.312. The highest BCUT2D eigenvalue weighted by Gasteiger charge is 2.10. The van der Waals surface area contributed by atoms with E-state index in [1.165, 1.54) is 0 Å². The summed E-state index contributed by atoms with van der Waals surface area (Å²) in [6.07, 6.45) is 0. The Morgan fingerprint density at radius 3 is 2.89 bits per heavy atom. The number of nitrogens with one attached hydrogen (secondary N) is 3. The lowest BCUT2D eigenvalue weighted by Gasteiger charge is -1.98. The van der Waals surface area contributed by atoms with Crippen molar-refractivity contribution >= 4 is 23.6 Å². The first-order valence-corrected chi connectivity index (χ1v) is 6.31. The quantitative estimate of drug-likeness (QED) is 0.624. The number of hydrogen-bond acceptors (Lipinski definition) is 5. The number of hydrogen-bond donors (Lipinski definition) is 3. The van der Waals surface area contributed by atoms with Crippen LogP contribution in [0.15, 0.2) is 28.4 Å². The molecule has 3 aromatic rings. The standard InChI is InChI=1S/C10H7N5OS2/c16-9-5(8-11-10(17)15-13-8)4-6(12-14-9)7-2-1-3-18-7/h1-4H,(H,14,16)(H2,11,13,15,17). The molecule has 3 heterocycles. The Labute approximate surface area is 110 Å². The monoisotopic (exact) mass is 277 g/mol. The van der Waals surface area contributed by atoms with Crippen molar-refractivity contribution in [2.75, 3.05) is 0 Å². The van der Waals surface area contributed by atoms with Crippen LogP contribution in [0.5, 0.6) is 0 Å². The lowest BCUT2D eigenvalue weighted by Crippen LogP contribution is -2.11. The molecule has 0 radical (unpaired) electrons. The summed E-state index contributed by atoms with van der Waals surface area (Å²) in [6, 6.07) is 5.54. The van der Waals surface area contributed by atoms with Gasteiger partial charge in [-0.15, -0.1) is 11.3 Å². The van der Waals surface area contributed by atoms with E-state index in [0.717, 1.165) is 4.88 Å². The minimum absolute atomic E-state index is 0.305. The van der Waals surface area contributed by atoms with Crippen LogP contribution < -0.4 is 5.56 Å². The molecule has 0 amide bonds. The van der Waals surface area contributed by atoms with Crippen molar-refractivity contribution < 1.29 is 0 Å². The van der Waals surface area contributed by atoms with E-state index < -0.39 is 0 Å². The van der Waals surface area contributed by atoms with Crippen LogP contribution in [0.4, 0.5) is 0 Å². The van der Waals surface area contributed by atoms with Gasteiger partial charge in [-0.3, -0.25) is 15.0 Å². The van der Waals surface area contributed by atoms with Crippen molar-refractivity contribution in [3.8, 4) is 22.0 Å². The molecule has 90 valence electrons. The third-order valence-corrected chi connectivity index (χ3v) is 3.42. The normalized spacial score (nSPS) is 10.7. The number of rotatable bonds is 2. The maximum absolute atomic E-state index is 11.7. The van der Waals surface area contributed by atoms with Gasteiger partial charge in [0.05, 0.1) is 10.4 Å². The number of aromatic nitrogens is 5. The van der Waals surface area contributed by atoms with E-state index in [-0.39, 0.29) is 5.56 Å². The maximum Gasteiger partial charge on any atom is 0.275 e. The van der Waals surface area contributed by atoms with Gasteiger partial charge in [-0.25, -0.2) is 5.10 Å². The average molecular weight is 277 g/mol. The molecule has 3 aromatic heterocycles. The third-order valence-electron chi connectivity index (χ3n) is 2.33. The van der Waals surface area contributed by atoms with Crippen LogP contribution in [-0.2, 0) is 0 Å². The molecule has 0 aliphatic rings. The van der Waals surface area contributed by atoms with Crippen molar-refractivity contribution in [3.63, 3.8) is 0 Å². The molecule has 6 nitrogen and oxygen atoms in total. The SMILES string of the molecule is O=c1[nH]nc(-c2cccs2)cc1-c1nc(=S)[nH][nH]1. The summed E-state index contributed by atoms with van der Waals surface area (Å²) in [4.78, 5) is 16.7. The number of thiophene rings is 1. The first kappa shape index (κ1) is 11.1. The largest absolute Gasteiger partial charge is 0.281 e. The predicted octanol–water partition coefficient (Wildman–Crippen LogP) is 1.95. The van der Waals surface area contributed by atoms with Crippen LogP contribution in [0, 0.1) is 4.77 Å². The van der Waals surface area contributed by atoms with E-state index in [2.05, 4.69) is 25.4 Å². The van der Waals surface area contributed by atoms with E-state index >= 15 is 0 Å². The zero-order valence-corrected chi connectivity index (χ0v) is 10.6. The Kier molecular flexibility index (Phi) is 2.65. The molecular formula is C10H7N5OS2. The lowest BCUT2D eigenvalue weighted by molar-refractivity contribution is 0.991. The van der Waals surface area contributed by atoms with Crippen LogP contribution in [0.3, 0.4) is 0 Å². The molecule has 0 bridgehead atoms. The molecule has 0 saturated carbocycles. The molecule has 0 fully saturated rings. The molecule has 0 spiro atoms. The van der Waals surface area contributed by atoms with Crippen LogP contribution in [0.2, 0.25) is 0 Å². The Morgan fingerprint density at radius 2 is 2.22 bits per heavy atom. The molecule has 0 aliphatic carbocycles. The summed E-state index contributed by atoms with van der Waals surface area (Å²) < 4.78 is 0.305. The van der Waals surface area contributed by atoms with Crippen LogP contribution in [-0.4, -0.2) is 25.4 Å². The molecule has 0 aromatic carbocycles. The van der Waals surface area contributed by atoms with Crippen molar-refractivity contribution in [2.45, 2.75) is 0 Å². The van der Waals surface area contributed by atoms with Crippen molar-refractivity contribution in [3.05, 3.63) is 38.7 Å². The van der Waals surface area contributed by atoms with E-state index in [0.29, 0.717) is 21.9 Å². The van der Waals surface area contributed by atoms with E-state index in [1.807, 2.05) is 17.5 Å². The molecule has 3 rings (SSSR count). The lowest BCUT2D eigenvalue weighted by atomic mass is 10.2. The Morgan fingerprint density at radius 1 is 1.33 bits per heavy atom. The van der Waals surface area contributed by atoms with Gasteiger partial charge in [0.15, 0.2) is 5.82 Å². The van der Waals surface area contributed by atoms with E-state index in [1.54, 1.807) is 17.4 Å². The van der Waals surface area contributed by atoms with Crippen molar-refractivity contribution in [1.82, 2.24) is 25.4 Å². The van der Waals surface area contributed by atoms with Gasteiger partial charge in [0.1, 0.15) is 5.69 Å². The second-order valence-corrected chi connectivity index (χ2v) is 4.82. The first-order valence-electron chi connectivity index (χ1n) is 5.03. The van der Waals surface area contributed by atoms with Gasteiger partial charge < -0.3 is 0 Å². The molecule has 3 N–H and O–H groups in total. The summed E-state index contributed by atoms with van der Waals surface area (Å²) in [5.41, 5.74) is 0.788. The van der Waals surface area contributed by atoms with Gasteiger partial charge in [-0.1, -0.05) is 6.07 Å². The van der Waals surface area contributed by atoms with E-state index in [4.69, 9.17) is 12.2 Å². The van der Waals surface area contributed by atoms with Gasteiger partial charge >= 0.3 is 0 Å². The van der Waals surface area contributed by atoms with Crippen molar-refractivity contribution in [2.24, 2.45) is 0 Å². The van der Waals surface area contributed by atoms with Crippen LogP contribution in [0.25, 0.3) is 22.0 Å². The fourth-order valence-electron chi connectivity index (χ4n) is 1.53. The molecule has 0 unspecified atom stereocenters. The highest BCUT2D eigenvalue weighted by atomic mass is 32.1. The van der Waals surface area contributed by atoms with Crippen LogP contribution in [0.1, 0.15) is 0 Å². The van der Waals surface area contributed by atoms with Gasteiger partial charge in [-0.2, -0.15) is 10.1 Å². The molecular weight excluding hydrogens is 270 g/mol. The fraction of sp³-hybridized carbons (Fsp3) is 0. The molecule has 0 atom stereocenters. The van der Waals surface area contributed by atoms with Gasteiger partial charge in [0, 0.05) is 0 Å². The average Bonchev–Trinajstić information content (AvgIpc) is 3.01. The molecule has 0 aliphatic heterocycles. The molecule has 18 heavy (non-hydrogen) atoms. The smallest absolute Gasteiger partial charge is 0.275 e. The summed E-state index contributed by atoms with van der Waals surface area (Å²) in [7, 11) is 0. The topological polar surface area (TPSA) is 90.2 Å². The van der Waals surface area contributed by atoms with Gasteiger partial charge in [0.25, 0.3) is 5.56 Å². The van der Waals surface area contributed by atoms with Gasteiger partial charge in [0.2, 0.25) is 4.77 Å². The second kappa shape index (κ2) is 4.31. The number of aromatic amines is 3. The Hall–Kier alpha value is -2.06. The summed E-state index contributed by atoms with van der Waals surface area (Å²) in [5.74, 6) is 0.404. The van der Waals surface area contributed by atoms with Crippen LogP contribution >= 0.6 is 23.6 Å².